The van der Waals surface area contributed by atoms with E-state index in [0.717, 1.165) is 6.54 Å². The van der Waals surface area contributed by atoms with Crippen LogP contribution in [-0.2, 0) is 0 Å². The Kier molecular flexibility index (Phi) is 5.22. The van der Waals surface area contributed by atoms with E-state index >= 15 is 0 Å². The average molecular weight is 142 g/mol. The predicted molar refractivity (Wildman–Crippen MR) is 46.8 cm³/mol. The van der Waals surface area contributed by atoms with Crippen LogP contribution >= 0.6 is 0 Å². The molecule has 0 aliphatic heterocycles. The number of aliphatic imine (C=N–C) groups is 1. The SMILES string of the molecule is CC(C)N=CCNC(C)C. The zero-order chi connectivity index (χ0) is 7.98. The zero-order valence-electron chi connectivity index (χ0n) is 7.39. The molecule has 0 radical (unpaired) electrons. The van der Waals surface area contributed by atoms with Gasteiger partial charge in [-0.1, -0.05) is 13.8 Å². The molecule has 0 aliphatic rings. The molecule has 10 heavy (non-hydrogen) atoms. The van der Waals surface area contributed by atoms with Crippen LogP contribution < -0.4 is 5.32 Å². The maximum Gasteiger partial charge on any atom is 0.0439 e. The second kappa shape index (κ2) is 5.42. The van der Waals surface area contributed by atoms with Crippen LogP contribution in [0.1, 0.15) is 27.7 Å². The number of hydrogen-bond donors (Lipinski definition) is 1. The second-order valence-corrected chi connectivity index (χ2v) is 2.99. The van der Waals surface area contributed by atoms with E-state index in [1.807, 2.05) is 6.21 Å². The Bertz CT molecular complexity index is 95.4. The molecule has 0 aromatic rings. The summed E-state index contributed by atoms with van der Waals surface area (Å²) in [7, 11) is 0. The Hall–Kier alpha value is -0.370. The van der Waals surface area contributed by atoms with Crippen molar-refractivity contribution in [2.45, 2.75) is 39.8 Å². The molecule has 0 spiro atoms. The van der Waals surface area contributed by atoms with Gasteiger partial charge < -0.3 is 5.32 Å². The summed E-state index contributed by atoms with van der Waals surface area (Å²) in [6.45, 7) is 9.29. The first-order valence-electron chi connectivity index (χ1n) is 3.88. The van der Waals surface area contributed by atoms with Crippen molar-refractivity contribution >= 4 is 6.21 Å². The van der Waals surface area contributed by atoms with Gasteiger partial charge >= 0.3 is 0 Å². The van der Waals surface area contributed by atoms with E-state index < -0.39 is 0 Å². The van der Waals surface area contributed by atoms with E-state index in [4.69, 9.17) is 0 Å². The van der Waals surface area contributed by atoms with Gasteiger partial charge in [0, 0.05) is 24.8 Å². The fraction of sp³-hybridized carbons (Fsp3) is 0.875. The van der Waals surface area contributed by atoms with E-state index in [1.54, 1.807) is 0 Å². The maximum absolute atomic E-state index is 4.21. The van der Waals surface area contributed by atoms with Gasteiger partial charge in [-0.3, -0.25) is 4.99 Å². The first kappa shape index (κ1) is 9.63. The van der Waals surface area contributed by atoms with Crippen LogP contribution in [0.3, 0.4) is 0 Å². The Morgan fingerprint density at radius 3 is 2.30 bits per heavy atom. The molecular weight excluding hydrogens is 124 g/mol. The lowest BCUT2D eigenvalue weighted by Crippen LogP contribution is -2.24. The normalized spacial score (nSPS) is 12.2. The molecule has 0 amide bonds. The first-order valence-corrected chi connectivity index (χ1v) is 3.88. The third kappa shape index (κ3) is 7.63. The number of nitrogens with one attached hydrogen (secondary N) is 1. The number of hydrogen-bond acceptors (Lipinski definition) is 2. The monoisotopic (exact) mass is 142 g/mol. The minimum atomic E-state index is 0.425. The standard InChI is InChI=1S/C8H18N2/c1-7(2)9-5-6-10-8(3)4/h5,7-8,10H,6H2,1-4H3. The van der Waals surface area contributed by atoms with Gasteiger partial charge in [0.05, 0.1) is 0 Å². The molecule has 0 atom stereocenters. The van der Waals surface area contributed by atoms with Gasteiger partial charge in [0.1, 0.15) is 0 Å². The fourth-order valence-corrected chi connectivity index (χ4v) is 0.552. The van der Waals surface area contributed by atoms with E-state index in [0.29, 0.717) is 12.1 Å². The van der Waals surface area contributed by atoms with Crippen LogP contribution in [-0.4, -0.2) is 24.8 Å². The van der Waals surface area contributed by atoms with Gasteiger partial charge in [0.2, 0.25) is 0 Å². The van der Waals surface area contributed by atoms with Crippen molar-refractivity contribution in [3.63, 3.8) is 0 Å². The van der Waals surface area contributed by atoms with Gasteiger partial charge in [0.25, 0.3) is 0 Å². The molecular formula is C8H18N2. The molecule has 0 rings (SSSR count). The summed E-state index contributed by atoms with van der Waals surface area (Å²) in [5, 5.41) is 3.25. The van der Waals surface area contributed by atoms with Crippen molar-refractivity contribution in [1.82, 2.24) is 5.32 Å². The molecule has 1 N–H and O–H groups in total. The summed E-state index contributed by atoms with van der Waals surface area (Å²) in [4.78, 5) is 4.21. The number of rotatable bonds is 4. The van der Waals surface area contributed by atoms with Crippen LogP contribution in [0.15, 0.2) is 4.99 Å². The molecule has 0 bridgehead atoms. The fourth-order valence-electron chi connectivity index (χ4n) is 0.552. The van der Waals surface area contributed by atoms with Crippen molar-refractivity contribution in [2.75, 3.05) is 6.54 Å². The lowest BCUT2D eigenvalue weighted by molar-refractivity contribution is 0.644. The molecule has 0 aromatic heterocycles. The minimum absolute atomic E-state index is 0.425. The molecule has 0 saturated heterocycles. The Morgan fingerprint density at radius 2 is 1.90 bits per heavy atom. The molecule has 0 saturated carbocycles. The lowest BCUT2D eigenvalue weighted by Gasteiger charge is -2.03. The zero-order valence-corrected chi connectivity index (χ0v) is 7.39. The highest BCUT2D eigenvalue weighted by Gasteiger charge is 1.87. The second-order valence-electron chi connectivity index (χ2n) is 2.99. The van der Waals surface area contributed by atoms with Crippen molar-refractivity contribution in [2.24, 2.45) is 4.99 Å². The molecule has 2 heteroatoms. The lowest BCUT2D eigenvalue weighted by atomic mass is 10.4. The largest absolute Gasteiger partial charge is 0.310 e. The van der Waals surface area contributed by atoms with Crippen LogP contribution in [0.25, 0.3) is 0 Å². The van der Waals surface area contributed by atoms with Gasteiger partial charge in [-0.15, -0.1) is 0 Å². The summed E-state index contributed by atoms with van der Waals surface area (Å²) in [5.74, 6) is 0. The van der Waals surface area contributed by atoms with Gasteiger partial charge in [-0.25, -0.2) is 0 Å². The third-order valence-corrected chi connectivity index (χ3v) is 1.02. The van der Waals surface area contributed by atoms with Crippen LogP contribution in [0.5, 0.6) is 0 Å². The maximum atomic E-state index is 4.21. The Labute approximate surface area is 63.7 Å². The van der Waals surface area contributed by atoms with Crippen LogP contribution in [0, 0.1) is 0 Å². The molecule has 0 fully saturated rings. The minimum Gasteiger partial charge on any atom is -0.310 e. The average Bonchev–Trinajstić information content (AvgIpc) is 1.79. The molecule has 60 valence electrons. The van der Waals surface area contributed by atoms with E-state index in [1.165, 1.54) is 0 Å². The highest BCUT2D eigenvalue weighted by molar-refractivity contribution is 5.59. The van der Waals surface area contributed by atoms with Crippen LogP contribution in [0.4, 0.5) is 0 Å². The third-order valence-electron chi connectivity index (χ3n) is 1.02. The highest BCUT2D eigenvalue weighted by Crippen LogP contribution is 1.81. The van der Waals surface area contributed by atoms with Crippen molar-refractivity contribution in [1.29, 1.82) is 0 Å². The molecule has 0 heterocycles. The summed E-state index contributed by atoms with van der Waals surface area (Å²) < 4.78 is 0. The quantitative estimate of drug-likeness (QED) is 0.590. The Morgan fingerprint density at radius 1 is 1.30 bits per heavy atom. The topological polar surface area (TPSA) is 24.4 Å². The first-order chi connectivity index (χ1) is 4.63. The highest BCUT2D eigenvalue weighted by atomic mass is 14.9. The van der Waals surface area contributed by atoms with Crippen LogP contribution in [0.2, 0.25) is 0 Å². The smallest absolute Gasteiger partial charge is 0.0439 e. The van der Waals surface area contributed by atoms with E-state index in [-0.39, 0.29) is 0 Å². The van der Waals surface area contributed by atoms with Crippen molar-refractivity contribution in [3.05, 3.63) is 0 Å². The summed E-state index contributed by atoms with van der Waals surface area (Å²) in [5.41, 5.74) is 0. The summed E-state index contributed by atoms with van der Waals surface area (Å²) in [6.07, 6.45) is 1.94. The predicted octanol–water partition coefficient (Wildman–Crippen LogP) is 1.46. The van der Waals surface area contributed by atoms with Gasteiger partial charge in [-0.2, -0.15) is 0 Å². The Balaban J connectivity index is 3.19. The summed E-state index contributed by atoms with van der Waals surface area (Å²) >= 11 is 0. The van der Waals surface area contributed by atoms with E-state index in [2.05, 4.69) is 38.0 Å². The summed E-state index contributed by atoms with van der Waals surface area (Å²) in [6, 6.07) is 0.979. The van der Waals surface area contributed by atoms with Gasteiger partial charge in [0.15, 0.2) is 0 Å². The molecule has 0 aliphatic carbocycles. The van der Waals surface area contributed by atoms with E-state index in [9.17, 15) is 0 Å². The number of nitrogens with zero attached hydrogens (tertiary/aromatic N) is 1. The molecule has 0 aromatic carbocycles. The molecule has 0 unspecified atom stereocenters. The molecule has 2 nitrogen and oxygen atoms in total. The van der Waals surface area contributed by atoms with Gasteiger partial charge in [-0.05, 0) is 13.8 Å². The van der Waals surface area contributed by atoms with Crippen molar-refractivity contribution in [3.8, 4) is 0 Å². The van der Waals surface area contributed by atoms with Crippen molar-refractivity contribution < 1.29 is 0 Å².